The van der Waals surface area contributed by atoms with Gasteiger partial charge in [-0.2, -0.15) is 0 Å². The lowest BCUT2D eigenvalue weighted by Gasteiger charge is -2.15. The number of alkyl halides is 1. The van der Waals surface area contributed by atoms with Gasteiger partial charge in [-0.3, -0.25) is 9.59 Å². The van der Waals surface area contributed by atoms with E-state index < -0.39 is 0 Å². The lowest BCUT2D eigenvalue weighted by Crippen LogP contribution is -2.39. The van der Waals surface area contributed by atoms with Crippen LogP contribution < -0.4 is 10.7 Å². The molecule has 17 heavy (non-hydrogen) atoms. The topological polar surface area (TPSA) is 62.0 Å². The molecule has 2 unspecified atom stereocenters. The second-order valence-electron chi connectivity index (χ2n) is 4.42. The zero-order chi connectivity index (χ0) is 12.4. The summed E-state index contributed by atoms with van der Waals surface area (Å²) in [6.45, 7) is 1.77. The van der Waals surface area contributed by atoms with Gasteiger partial charge in [-0.1, -0.05) is 0 Å². The van der Waals surface area contributed by atoms with Crippen molar-refractivity contribution in [1.29, 1.82) is 0 Å². The highest BCUT2D eigenvalue weighted by atomic mass is 35.5. The van der Waals surface area contributed by atoms with Gasteiger partial charge in [0.1, 0.15) is 5.56 Å². The molecular weight excluding hydrogens is 240 g/mol. The predicted octanol–water partition coefficient (Wildman–Crippen LogP) is 1.57. The summed E-state index contributed by atoms with van der Waals surface area (Å²) in [5, 5.41) is 2.79. The van der Waals surface area contributed by atoms with Crippen LogP contribution in [-0.2, 0) is 0 Å². The number of carbonyl (C=O) groups excluding carboxylic acids is 1. The summed E-state index contributed by atoms with van der Waals surface area (Å²) in [7, 11) is 0. The fraction of sp³-hybridized carbons (Fsp3) is 0.500. The molecule has 0 bridgehead atoms. The van der Waals surface area contributed by atoms with Gasteiger partial charge in [0.2, 0.25) is 0 Å². The number of hydrogen-bond donors (Lipinski definition) is 2. The number of amides is 1. The van der Waals surface area contributed by atoms with E-state index in [2.05, 4.69) is 10.3 Å². The number of nitrogens with one attached hydrogen (secondary N) is 2. The van der Waals surface area contributed by atoms with Crippen molar-refractivity contribution in [1.82, 2.24) is 10.3 Å². The average Bonchev–Trinajstić information content (AvgIpc) is 2.64. The van der Waals surface area contributed by atoms with Gasteiger partial charge in [0.05, 0.1) is 5.38 Å². The predicted molar refractivity (Wildman–Crippen MR) is 66.5 cm³/mol. The molecule has 2 rings (SSSR count). The quantitative estimate of drug-likeness (QED) is 0.787. The van der Waals surface area contributed by atoms with Crippen molar-refractivity contribution >= 4 is 17.5 Å². The number of rotatable bonds is 2. The minimum Gasteiger partial charge on any atom is -0.364 e. The Morgan fingerprint density at radius 1 is 1.53 bits per heavy atom. The molecule has 0 aliphatic heterocycles. The lowest BCUT2D eigenvalue weighted by molar-refractivity contribution is 0.0937. The Kier molecular flexibility index (Phi) is 3.52. The van der Waals surface area contributed by atoms with E-state index in [-0.39, 0.29) is 28.3 Å². The van der Waals surface area contributed by atoms with Gasteiger partial charge >= 0.3 is 0 Å². The van der Waals surface area contributed by atoms with E-state index in [1.807, 2.05) is 0 Å². The van der Waals surface area contributed by atoms with E-state index in [9.17, 15) is 9.59 Å². The fourth-order valence-corrected chi connectivity index (χ4v) is 2.42. The number of halogens is 1. The largest absolute Gasteiger partial charge is 0.364 e. The molecular formula is C12H15ClN2O2. The van der Waals surface area contributed by atoms with Crippen LogP contribution in [0.3, 0.4) is 0 Å². The van der Waals surface area contributed by atoms with E-state index in [1.54, 1.807) is 6.92 Å². The van der Waals surface area contributed by atoms with Crippen molar-refractivity contribution in [2.75, 3.05) is 0 Å². The molecule has 1 heterocycles. The fourth-order valence-electron chi connectivity index (χ4n) is 2.07. The normalized spacial score (nSPS) is 23.6. The van der Waals surface area contributed by atoms with Crippen LogP contribution in [0.5, 0.6) is 0 Å². The van der Waals surface area contributed by atoms with Crippen LogP contribution in [0.2, 0.25) is 0 Å². The molecule has 5 heteroatoms. The van der Waals surface area contributed by atoms with Gasteiger partial charge < -0.3 is 10.3 Å². The van der Waals surface area contributed by atoms with Crippen LogP contribution in [0.15, 0.2) is 17.1 Å². The molecule has 0 spiro atoms. The minimum absolute atomic E-state index is 0.0233. The molecule has 2 N–H and O–H groups in total. The number of aromatic nitrogens is 1. The highest BCUT2D eigenvalue weighted by molar-refractivity contribution is 6.21. The summed E-state index contributed by atoms with van der Waals surface area (Å²) in [5.74, 6) is -0.344. The zero-order valence-electron chi connectivity index (χ0n) is 9.63. The maximum atomic E-state index is 11.9. The smallest absolute Gasteiger partial charge is 0.257 e. The Balaban J connectivity index is 2.12. The Morgan fingerprint density at radius 3 is 2.88 bits per heavy atom. The molecule has 1 aliphatic rings. The Hall–Kier alpha value is -1.29. The Bertz CT molecular complexity index is 484. The maximum Gasteiger partial charge on any atom is 0.257 e. The van der Waals surface area contributed by atoms with Crippen molar-refractivity contribution in [2.45, 2.75) is 37.6 Å². The molecule has 1 amide bonds. The van der Waals surface area contributed by atoms with Crippen LogP contribution in [0.1, 0.15) is 35.3 Å². The summed E-state index contributed by atoms with van der Waals surface area (Å²) in [6, 6.07) is 1.40. The van der Waals surface area contributed by atoms with Crippen LogP contribution in [0, 0.1) is 6.92 Å². The van der Waals surface area contributed by atoms with Gasteiger partial charge in [-0.25, -0.2) is 0 Å². The third kappa shape index (κ3) is 2.69. The Labute approximate surface area is 104 Å². The zero-order valence-corrected chi connectivity index (χ0v) is 10.4. The van der Waals surface area contributed by atoms with Crippen LogP contribution in [0.4, 0.5) is 0 Å². The lowest BCUT2D eigenvalue weighted by atomic mass is 10.2. The van der Waals surface area contributed by atoms with Gasteiger partial charge in [0.25, 0.3) is 5.91 Å². The third-order valence-corrected chi connectivity index (χ3v) is 3.57. The first kappa shape index (κ1) is 12.2. The van der Waals surface area contributed by atoms with Crippen molar-refractivity contribution in [3.05, 3.63) is 33.7 Å². The van der Waals surface area contributed by atoms with Crippen LogP contribution >= 0.6 is 11.6 Å². The minimum atomic E-state index is -0.344. The van der Waals surface area contributed by atoms with Crippen molar-refractivity contribution in [2.24, 2.45) is 0 Å². The number of pyridine rings is 1. The molecule has 0 aromatic carbocycles. The van der Waals surface area contributed by atoms with Crippen LogP contribution in [0.25, 0.3) is 0 Å². The number of aromatic amines is 1. The monoisotopic (exact) mass is 254 g/mol. The Morgan fingerprint density at radius 2 is 2.29 bits per heavy atom. The maximum absolute atomic E-state index is 11.9. The van der Waals surface area contributed by atoms with E-state index in [0.29, 0.717) is 0 Å². The van der Waals surface area contributed by atoms with E-state index in [0.717, 1.165) is 25.0 Å². The molecule has 4 nitrogen and oxygen atoms in total. The number of H-pyrrole nitrogens is 1. The summed E-state index contributed by atoms with van der Waals surface area (Å²) < 4.78 is 0. The molecule has 1 aromatic heterocycles. The summed E-state index contributed by atoms with van der Waals surface area (Å²) in [5.41, 5.74) is 0.622. The van der Waals surface area contributed by atoms with Gasteiger partial charge in [0.15, 0.2) is 5.43 Å². The number of hydrogen-bond acceptors (Lipinski definition) is 2. The van der Waals surface area contributed by atoms with E-state index in [1.165, 1.54) is 12.3 Å². The molecule has 0 radical (unpaired) electrons. The third-order valence-electron chi connectivity index (χ3n) is 3.05. The van der Waals surface area contributed by atoms with E-state index in [4.69, 9.17) is 11.6 Å². The van der Waals surface area contributed by atoms with Crippen molar-refractivity contribution in [3.8, 4) is 0 Å². The van der Waals surface area contributed by atoms with Crippen molar-refractivity contribution in [3.63, 3.8) is 0 Å². The second-order valence-corrected chi connectivity index (χ2v) is 4.98. The van der Waals surface area contributed by atoms with E-state index >= 15 is 0 Å². The van der Waals surface area contributed by atoms with Gasteiger partial charge in [0, 0.05) is 24.0 Å². The average molecular weight is 255 g/mol. The highest BCUT2D eigenvalue weighted by Crippen LogP contribution is 2.24. The molecule has 0 saturated heterocycles. The number of carbonyl (C=O) groups is 1. The first-order valence-corrected chi connectivity index (χ1v) is 6.16. The summed E-state index contributed by atoms with van der Waals surface area (Å²) >= 11 is 6.07. The van der Waals surface area contributed by atoms with Crippen LogP contribution in [-0.4, -0.2) is 22.3 Å². The second kappa shape index (κ2) is 4.92. The highest BCUT2D eigenvalue weighted by Gasteiger charge is 2.27. The molecule has 1 saturated carbocycles. The first-order chi connectivity index (χ1) is 8.08. The van der Waals surface area contributed by atoms with Crippen molar-refractivity contribution < 1.29 is 4.79 Å². The summed E-state index contributed by atoms with van der Waals surface area (Å²) in [6.07, 6.45) is 4.26. The first-order valence-electron chi connectivity index (χ1n) is 5.72. The molecule has 1 aliphatic carbocycles. The summed E-state index contributed by atoms with van der Waals surface area (Å²) in [4.78, 5) is 26.4. The van der Waals surface area contributed by atoms with Gasteiger partial charge in [-0.05, 0) is 26.2 Å². The number of aryl methyl sites for hydroxylation is 1. The standard InChI is InChI=1S/C12H15ClN2O2/c1-7-5-11(16)8(6-14-7)12(17)15-10-4-2-3-9(10)13/h5-6,9-10H,2-4H2,1H3,(H,14,16)(H,15,17). The van der Waals surface area contributed by atoms with Gasteiger partial charge in [-0.15, -0.1) is 11.6 Å². The molecule has 1 fully saturated rings. The molecule has 1 aromatic rings. The molecule has 2 atom stereocenters. The molecule has 92 valence electrons. The SMILES string of the molecule is Cc1cc(=O)c(C(=O)NC2CCCC2Cl)c[nH]1.